The van der Waals surface area contributed by atoms with Crippen molar-refractivity contribution < 1.29 is 33.5 Å². The molecule has 0 aromatic heterocycles. The molecule has 0 atom stereocenters. The Balaban J connectivity index is 1.54. The Kier molecular flexibility index (Phi) is 10.5. The number of carbonyl (C=O) groups excluding carboxylic acids is 2. The third-order valence-electron chi connectivity index (χ3n) is 8.31. The Hall–Kier alpha value is -3.28. The highest BCUT2D eigenvalue weighted by Gasteiger charge is 2.51. The molecule has 1 N–H and O–H groups in total. The maximum atomic E-state index is 13.3. The van der Waals surface area contributed by atoms with Crippen molar-refractivity contribution in [1.29, 1.82) is 0 Å². The lowest BCUT2D eigenvalue weighted by Crippen LogP contribution is -2.49. The van der Waals surface area contributed by atoms with Gasteiger partial charge < -0.3 is 38.6 Å². The number of aliphatic hydroxyl groups excluding tert-OH is 1. The number of rotatable bonds is 9. The molecule has 2 fully saturated rings. The molecule has 0 radical (unpaired) electrons. The number of ether oxygens (including phenoxy) is 2. The Morgan fingerprint density at radius 2 is 1.61 bits per heavy atom. The van der Waals surface area contributed by atoms with E-state index in [9.17, 15) is 14.7 Å². The molecule has 0 spiro atoms. The number of hydrogen-bond donors (Lipinski definition) is 1. The van der Waals surface area contributed by atoms with Crippen LogP contribution in [0.2, 0.25) is 0 Å². The average molecular weight is 610 g/mol. The summed E-state index contributed by atoms with van der Waals surface area (Å²) >= 11 is 0. The van der Waals surface area contributed by atoms with Gasteiger partial charge in [-0.1, -0.05) is 42.5 Å². The van der Waals surface area contributed by atoms with Crippen LogP contribution in [0.3, 0.4) is 0 Å². The number of carbonyl (C=O) groups is 2. The van der Waals surface area contributed by atoms with E-state index in [1.54, 1.807) is 9.80 Å². The molecule has 4 rings (SSSR count). The van der Waals surface area contributed by atoms with Crippen LogP contribution in [0, 0.1) is 0 Å². The van der Waals surface area contributed by atoms with Crippen molar-refractivity contribution in [1.82, 2.24) is 9.80 Å². The molecule has 2 heterocycles. The Morgan fingerprint density at radius 3 is 2.20 bits per heavy atom. The van der Waals surface area contributed by atoms with Crippen LogP contribution in [-0.2, 0) is 31.9 Å². The first-order chi connectivity index (χ1) is 20.7. The molecule has 44 heavy (non-hydrogen) atoms. The van der Waals surface area contributed by atoms with E-state index in [-0.39, 0.29) is 25.9 Å². The Labute approximate surface area is 262 Å². The topological polar surface area (TPSA) is 101 Å². The minimum atomic E-state index is -0.659. The van der Waals surface area contributed by atoms with Gasteiger partial charge in [-0.15, -0.1) is 0 Å². The molecule has 240 valence electrons. The number of hydrogen-bond acceptors (Lipinski definition) is 8. The number of piperazine rings is 1. The predicted molar refractivity (Wildman–Crippen MR) is 171 cm³/mol. The largest absolute Gasteiger partial charge is 0.494 e. The fourth-order valence-electron chi connectivity index (χ4n) is 5.14. The molecule has 0 saturated carbocycles. The maximum Gasteiger partial charge on any atom is 0.494 e. The lowest BCUT2D eigenvalue weighted by atomic mass is 9.78. The van der Waals surface area contributed by atoms with Crippen LogP contribution in [0.4, 0.5) is 15.3 Å². The van der Waals surface area contributed by atoms with Crippen LogP contribution >= 0.6 is 0 Å². The molecule has 2 aromatic rings. The molecule has 10 nitrogen and oxygen atoms in total. The second-order valence-corrected chi connectivity index (χ2v) is 13.5. The van der Waals surface area contributed by atoms with Gasteiger partial charge in [-0.25, -0.2) is 9.59 Å². The van der Waals surface area contributed by atoms with E-state index < -0.39 is 30.0 Å². The van der Waals surface area contributed by atoms with Crippen molar-refractivity contribution in [3.63, 3.8) is 0 Å². The quantitative estimate of drug-likeness (QED) is 0.413. The van der Waals surface area contributed by atoms with Gasteiger partial charge in [0.15, 0.2) is 0 Å². The van der Waals surface area contributed by atoms with Gasteiger partial charge >= 0.3 is 19.3 Å². The van der Waals surface area contributed by atoms with E-state index in [1.807, 2.05) is 97.0 Å². The van der Waals surface area contributed by atoms with Gasteiger partial charge in [0.25, 0.3) is 0 Å². The summed E-state index contributed by atoms with van der Waals surface area (Å²) in [6, 6.07) is 15.7. The van der Waals surface area contributed by atoms with Crippen molar-refractivity contribution in [2.75, 3.05) is 44.2 Å². The molecular weight excluding hydrogens is 561 g/mol. The first kappa shape index (κ1) is 33.6. The van der Waals surface area contributed by atoms with Crippen LogP contribution < -0.4 is 10.4 Å². The van der Waals surface area contributed by atoms with Crippen LogP contribution in [-0.4, -0.2) is 90.3 Å². The zero-order chi connectivity index (χ0) is 32.1. The number of benzene rings is 2. The fraction of sp³-hybridized carbons (Fsp3) is 0.576. The predicted octanol–water partition coefficient (Wildman–Crippen LogP) is 4.56. The monoisotopic (exact) mass is 609 g/mol. The van der Waals surface area contributed by atoms with Gasteiger partial charge in [0, 0.05) is 45.0 Å². The Morgan fingerprint density at radius 1 is 0.977 bits per heavy atom. The summed E-state index contributed by atoms with van der Waals surface area (Å²) in [5.41, 5.74) is 2.02. The number of amides is 2. The fourth-order valence-corrected chi connectivity index (χ4v) is 5.14. The minimum Gasteiger partial charge on any atom is -0.445 e. The van der Waals surface area contributed by atoms with Gasteiger partial charge in [-0.3, -0.25) is 0 Å². The summed E-state index contributed by atoms with van der Waals surface area (Å²) in [6.45, 7) is 16.6. The zero-order valence-corrected chi connectivity index (χ0v) is 27.3. The lowest BCUT2D eigenvalue weighted by molar-refractivity contribution is 0.00578. The maximum absolute atomic E-state index is 13.3. The molecule has 0 bridgehead atoms. The number of anilines is 1. The highest BCUT2D eigenvalue weighted by molar-refractivity contribution is 6.62. The van der Waals surface area contributed by atoms with E-state index in [0.29, 0.717) is 39.1 Å². The third kappa shape index (κ3) is 8.46. The smallest absolute Gasteiger partial charge is 0.445 e. The second-order valence-electron chi connectivity index (χ2n) is 13.5. The van der Waals surface area contributed by atoms with E-state index >= 15 is 0 Å². The second kappa shape index (κ2) is 13.8. The van der Waals surface area contributed by atoms with E-state index in [4.69, 9.17) is 18.8 Å². The van der Waals surface area contributed by atoms with Gasteiger partial charge in [0.05, 0.1) is 17.7 Å². The van der Waals surface area contributed by atoms with Crippen LogP contribution in [0.1, 0.15) is 66.0 Å². The standard InChI is InChI=1S/C33H48BN3O7/c1-31(2,3)42-30(40)37(16-11-21-38)23-26-22-27(34-43-32(4,5)33(6,7)44-34)14-15-28(26)35-17-19-36(20-18-35)29(39)41-24-25-12-9-8-10-13-25/h8-10,12-15,22,38H,11,16-21,23-24H2,1-7H3. The van der Waals surface area contributed by atoms with Crippen molar-refractivity contribution in [2.24, 2.45) is 0 Å². The molecule has 2 aliphatic heterocycles. The summed E-state index contributed by atoms with van der Waals surface area (Å²) in [4.78, 5) is 31.6. The first-order valence-electron chi connectivity index (χ1n) is 15.5. The molecule has 0 aliphatic carbocycles. The first-order valence-corrected chi connectivity index (χ1v) is 15.5. The van der Waals surface area contributed by atoms with Crippen LogP contribution in [0.15, 0.2) is 48.5 Å². The van der Waals surface area contributed by atoms with Crippen LogP contribution in [0.5, 0.6) is 0 Å². The van der Waals surface area contributed by atoms with E-state index in [0.717, 1.165) is 22.3 Å². The van der Waals surface area contributed by atoms with Crippen LogP contribution in [0.25, 0.3) is 0 Å². The highest BCUT2D eigenvalue weighted by Crippen LogP contribution is 2.37. The SMILES string of the molecule is CC(C)(C)OC(=O)N(CCCO)Cc1cc(B2OC(C)(C)C(C)(C)O2)ccc1N1CCN(C(=O)OCc2ccccc2)CC1. The van der Waals surface area contributed by atoms with Gasteiger partial charge in [0.1, 0.15) is 12.2 Å². The third-order valence-corrected chi connectivity index (χ3v) is 8.31. The molecule has 2 saturated heterocycles. The summed E-state index contributed by atoms with van der Waals surface area (Å²) in [5, 5.41) is 9.55. The van der Waals surface area contributed by atoms with Crippen molar-refractivity contribution >= 4 is 30.5 Å². The summed E-state index contributed by atoms with van der Waals surface area (Å²) in [5.74, 6) is 0. The number of aliphatic hydroxyl groups is 1. The molecule has 2 amide bonds. The lowest BCUT2D eigenvalue weighted by Gasteiger charge is -2.37. The van der Waals surface area contributed by atoms with E-state index in [1.165, 1.54) is 0 Å². The van der Waals surface area contributed by atoms with Gasteiger partial charge in [-0.2, -0.15) is 0 Å². The highest BCUT2D eigenvalue weighted by atomic mass is 16.7. The summed E-state index contributed by atoms with van der Waals surface area (Å²) < 4.78 is 23.9. The molecule has 2 aliphatic rings. The van der Waals surface area contributed by atoms with Crippen molar-refractivity contribution in [3.05, 3.63) is 59.7 Å². The van der Waals surface area contributed by atoms with Crippen molar-refractivity contribution in [3.8, 4) is 0 Å². The normalized spacial score (nSPS) is 17.9. The average Bonchev–Trinajstić information content (AvgIpc) is 3.19. The Bertz CT molecular complexity index is 1260. The van der Waals surface area contributed by atoms with Gasteiger partial charge in [-0.05, 0) is 77.5 Å². The van der Waals surface area contributed by atoms with Gasteiger partial charge in [0.2, 0.25) is 0 Å². The molecule has 2 aromatic carbocycles. The molecule has 0 unspecified atom stereocenters. The molecule has 11 heteroatoms. The van der Waals surface area contributed by atoms with Crippen molar-refractivity contribution in [2.45, 2.75) is 84.8 Å². The number of nitrogens with zero attached hydrogens (tertiary/aromatic N) is 3. The van der Waals surface area contributed by atoms with E-state index in [2.05, 4.69) is 4.90 Å². The summed E-state index contributed by atoms with van der Waals surface area (Å²) in [7, 11) is -0.559. The zero-order valence-electron chi connectivity index (χ0n) is 27.3. The summed E-state index contributed by atoms with van der Waals surface area (Å²) in [6.07, 6.45) is -0.344. The minimum absolute atomic E-state index is 0.0392. The molecular formula is C33H48BN3O7.